The van der Waals surface area contributed by atoms with E-state index in [2.05, 4.69) is 20.4 Å². The average Bonchev–Trinajstić information content (AvgIpc) is 2.38. The van der Waals surface area contributed by atoms with E-state index in [0.717, 1.165) is 24.8 Å². The van der Waals surface area contributed by atoms with Gasteiger partial charge >= 0.3 is 0 Å². The van der Waals surface area contributed by atoms with Gasteiger partial charge in [0, 0.05) is 18.5 Å². The SMILES string of the molecule is C=C(C#N)/C=C(/C)C[C@@](C)(CC)CN(N)C(=O)CCC. The van der Waals surface area contributed by atoms with Crippen molar-refractivity contribution in [2.75, 3.05) is 6.54 Å². The summed E-state index contributed by atoms with van der Waals surface area (Å²) in [5.41, 5.74) is 1.44. The molecule has 0 fully saturated rings. The monoisotopic (exact) mass is 277 g/mol. The molecular weight excluding hydrogens is 250 g/mol. The summed E-state index contributed by atoms with van der Waals surface area (Å²) < 4.78 is 0. The van der Waals surface area contributed by atoms with E-state index in [4.69, 9.17) is 11.1 Å². The Morgan fingerprint density at radius 1 is 1.50 bits per heavy atom. The lowest BCUT2D eigenvalue weighted by Gasteiger charge is -2.33. The van der Waals surface area contributed by atoms with Gasteiger partial charge in [0.05, 0.1) is 6.07 Å². The maximum absolute atomic E-state index is 11.8. The summed E-state index contributed by atoms with van der Waals surface area (Å²) in [4.78, 5) is 11.8. The second kappa shape index (κ2) is 8.55. The summed E-state index contributed by atoms with van der Waals surface area (Å²) in [6.45, 7) is 12.3. The van der Waals surface area contributed by atoms with Crippen LogP contribution in [0.25, 0.3) is 0 Å². The van der Waals surface area contributed by atoms with Gasteiger partial charge in [-0.05, 0) is 37.7 Å². The van der Waals surface area contributed by atoms with Crippen LogP contribution in [0.1, 0.15) is 53.4 Å². The number of amides is 1. The van der Waals surface area contributed by atoms with Crippen LogP contribution in [0.3, 0.4) is 0 Å². The smallest absolute Gasteiger partial charge is 0.236 e. The maximum atomic E-state index is 11.8. The van der Waals surface area contributed by atoms with Crippen molar-refractivity contribution >= 4 is 5.91 Å². The second-order valence-electron chi connectivity index (χ2n) is 5.74. The highest BCUT2D eigenvalue weighted by atomic mass is 16.2. The number of carbonyl (C=O) groups is 1. The van der Waals surface area contributed by atoms with E-state index in [1.165, 1.54) is 5.01 Å². The second-order valence-corrected chi connectivity index (χ2v) is 5.74. The van der Waals surface area contributed by atoms with Crippen LogP contribution in [0.4, 0.5) is 0 Å². The summed E-state index contributed by atoms with van der Waals surface area (Å²) in [7, 11) is 0. The Hall–Kier alpha value is -1.60. The largest absolute Gasteiger partial charge is 0.280 e. The predicted molar refractivity (Wildman–Crippen MR) is 82.3 cm³/mol. The van der Waals surface area contributed by atoms with E-state index < -0.39 is 0 Å². The highest BCUT2D eigenvalue weighted by Crippen LogP contribution is 2.30. The predicted octanol–water partition coefficient (Wildman–Crippen LogP) is 3.32. The molecule has 0 aromatic heterocycles. The van der Waals surface area contributed by atoms with Gasteiger partial charge in [0.1, 0.15) is 0 Å². The van der Waals surface area contributed by atoms with E-state index in [0.29, 0.717) is 18.5 Å². The highest BCUT2D eigenvalue weighted by Gasteiger charge is 2.26. The highest BCUT2D eigenvalue weighted by molar-refractivity contribution is 5.75. The Morgan fingerprint density at radius 2 is 2.10 bits per heavy atom. The van der Waals surface area contributed by atoms with Crippen molar-refractivity contribution in [3.05, 3.63) is 23.8 Å². The van der Waals surface area contributed by atoms with E-state index in [1.807, 2.05) is 19.9 Å². The molecule has 4 heteroatoms. The lowest BCUT2D eigenvalue weighted by atomic mass is 9.80. The number of hydrogen-bond acceptors (Lipinski definition) is 3. The van der Waals surface area contributed by atoms with Crippen molar-refractivity contribution in [2.45, 2.75) is 53.4 Å². The van der Waals surface area contributed by atoms with E-state index in [-0.39, 0.29) is 11.3 Å². The van der Waals surface area contributed by atoms with Crippen molar-refractivity contribution in [1.82, 2.24) is 5.01 Å². The van der Waals surface area contributed by atoms with Crippen molar-refractivity contribution in [1.29, 1.82) is 5.26 Å². The fraction of sp³-hybridized carbons (Fsp3) is 0.625. The topological polar surface area (TPSA) is 70.1 Å². The van der Waals surface area contributed by atoms with E-state index >= 15 is 0 Å². The van der Waals surface area contributed by atoms with Crippen molar-refractivity contribution in [3.63, 3.8) is 0 Å². The van der Waals surface area contributed by atoms with E-state index in [9.17, 15) is 4.79 Å². The Morgan fingerprint density at radius 3 is 2.55 bits per heavy atom. The van der Waals surface area contributed by atoms with Crippen molar-refractivity contribution < 1.29 is 4.79 Å². The number of nitrogens with zero attached hydrogens (tertiary/aromatic N) is 2. The first-order valence-corrected chi connectivity index (χ1v) is 7.09. The molecule has 0 saturated carbocycles. The van der Waals surface area contributed by atoms with Crippen LogP contribution in [0.2, 0.25) is 0 Å². The van der Waals surface area contributed by atoms with Gasteiger partial charge in [-0.1, -0.05) is 32.9 Å². The molecule has 1 atom stereocenters. The third kappa shape index (κ3) is 6.53. The lowest BCUT2D eigenvalue weighted by Crippen LogP contribution is -2.44. The molecule has 0 saturated heterocycles. The zero-order valence-electron chi connectivity index (χ0n) is 13.2. The fourth-order valence-electron chi connectivity index (χ4n) is 2.20. The maximum Gasteiger partial charge on any atom is 0.236 e. The summed E-state index contributed by atoms with van der Waals surface area (Å²) in [6.07, 6.45) is 4.77. The minimum Gasteiger partial charge on any atom is -0.280 e. The molecule has 0 aliphatic heterocycles. The van der Waals surface area contributed by atoms with Crippen LogP contribution in [0.15, 0.2) is 23.8 Å². The Balaban J connectivity index is 4.78. The standard InChI is InChI=1S/C16H27N3O/c1-6-8-15(20)19(18)12-16(5,7-2)10-13(3)9-14(4)11-17/h9H,4,6-8,10,12,18H2,1-3,5H3/b13-9-/t16-/m1/s1. The molecule has 112 valence electrons. The molecular formula is C16H27N3O. The minimum absolute atomic E-state index is 0.0183. The molecule has 0 spiro atoms. The van der Waals surface area contributed by atoms with Crippen LogP contribution in [-0.2, 0) is 4.79 Å². The van der Waals surface area contributed by atoms with Crippen LogP contribution < -0.4 is 5.84 Å². The van der Waals surface area contributed by atoms with Gasteiger partial charge in [-0.2, -0.15) is 5.26 Å². The molecule has 2 N–H and O–H groups in total. The summed E-state index contributed by atoms with van der Waals surface area (Å²) in [5, 5.41) is 10.1. The van der Waals surface area contributed by atoms with Crippen molar-refractivity contribution in [3.8, 4) is 6.07 Å². The molecule has 0 rings (SSSR count). The normalized spacial score (nSPS) is 14.3. The number of rotatable bonds is 8. The average molecular weight is 277 g/mol. The van der Waals surface area contributed by atoms with Gasteiger partial charge in [0.2, 0.25) is 5.91 Å². The molecule has 0 aromatic carbocycles. The molecule has 20 heavy (non-hydrogen) atoms. The molecule has 4 nitrogen and oxygen atoms in total. The number of hydrogen-bond donors (Lipinski definition) is 1. The Kier molecular flexibility index (Phi) is 7.86. The fourth-order valence-corrected chi connectivity index (χ4v) is 2.20. The number of hydrazine groups is 1. The third-order valence-electron chi connectivity index (χ3n) is 3.46. The molecule has 0 aromatic rings. The summed E-state index contributed by atoms with van der Waals surface area (Å²) in [5.74, 6) is 5.84. The van der Waals surface area contributed by atoms with Gasteiger partial charge in [0.15, 0.2) is 0 Å². The first-order valence-electron chi connectivity index (χ1n) is 7.09. The summed E-state index contributed by atoms with van der Waals surface area (Å²) in [6, 6.07) is 2.02. The quantitative estimate of drug-likeness (QED) is 0.243. The van der Waals surface area contributed by atoms with Crippen LogP contribution in [0, 0.1) is 16.7 Å². The first-order chi connectivity index (χ1) is 9.27. The van der Waals surface area contributed by atoms with Gasteiger partial charge in [-0.15, -0.1) is 0 Å². The molecule has 0 bridgehead atoms. The van der Waals surface area contributed by atoms with Gasteiger partial charge < -0.3 is 0 Å². The molecule has 0 radical (unpaired) electrons. The van der Waals surface area contributed by atoms with Crippen LogP contribution in [-0.4, -0.2) is 17.5 Å². The van der Waals surface area contributed by atoms with Crippen molar-refractivity contribution in [2.24, 2.45) is 11.3 Å². The molecule has 0 aliphatic carbocycles. The molecule has 0 unspecified atom stereocenters. The van der Waals surface area contributed by atoms with Gasteiger partial charge in [-0.3, -0.25) is 9.80 Å². The molecule has 0 heterocycles. The Labute approximate surface area is 122 Å². The van der Waals surface area contributed by atoms with Crippen LogP contribution >= 0.6 is 0 Å². The zero-order chi connectivity index (χ0) is 15.8. The summed E-state index contributed by atoms with van der Waals surface area (Å²) >= 11 is 0. The number of allylic oxidation sites excluding steroid dienone is 3. The zero-order valence-corrected chi connectivity index (χ0v) is 13.2. The van der Waals surface area contributed by atoms with Gasteiger partial charge in [0.25, 0.3) is 0 Å². The lowest BCUT2D eigenvalue weighted by molar-refractivity contribution is -0.133. The first kappa shape index (κ1) is 18.4. The third-order valence-corrected chi connectivity index (χ3v) is 3.46. The van der Waals surface area contributed by atoms with Gasteiger partial charge in [-0.25, -0.2) is 5.84 Å². The number of nitrogens with two attached hydrogens (primary N) is 1. The van der Waals surface area contributed by atoms with Crippen LogP contribution in [0.5, 0.6) is 0 Å². The minimum atomic E-state index is -0.0888. The Bertz CT molecular complexity index is 420. The molecule has 0 aliphatic rings. The number of carbonyl (C=O) groups excluding carboxylic acids is 1. The number of nitriles is 1. The van der Waals surface area contributed by atoms with E-state index in [1.54, 1.807) is 6.08 Å². The molecule has 1 amide bonds.